The van der Waals surface area contributed by atoms with Gasteiger partial charge in [-0.1, -0.05) is 6.07 Å². The summed E-state index contributed by atoms with van der Waals surface area (Å²) in [6, 6.07) is 6.03. The van der Waals surface area contributed by atoms with Crippen LogP contribution in [0.1, 0.15) is 45.3 Å². The first-order chi connectivity index (χ1) is 16.6. The van der Waals surface area contributed by atoms with Crippen molar-refractivity contribution in [3.8, 4) is 0 Å². The number of anilines is 1. The number of carbonyl (C=O) groups excluding carboxylic acids is 3. The molecule has 5 rings (SSSR count). The minimum absolute atomic E-state index is 0.223. The number of rotatable bonds is 3. The number of benzene rings is 1. The maximum atomic E-state index is 12.5. The molecule has 3 fully saturated rings. The second kappa shape index (κ2) is 8.82. The fourth-order valence-electron chi connectivity index (χ4n) is 5.26. The van der Waals surface area contributed by atoms with Crippen LogP contribution in [0.2, 0.25) is 0 Å². The minimum atomic E-state index is -0.473. The molecule has 10 nitrogen and oxygen atoms in total. The van der Waals surface area contributed by atoms with Gasteiger partial charge in [0.1, 0.15) is 11.6 Å². The van der Waals surface area contributed by atoms with Gasteiger partial charge in [-0.3, -0.25) is 24.5 Å². The van der Waals surface area contributed by atoms with Gasteiger partial charge in [-0.25, -0.2) is 4.79 Å². The van der Waals surface area contributed by atoms with Crippen LogP contribution in [0.4, 0.5) is 10.5 Å². The lowest BCUT2D eigenvalue weighted by molar-refractivity contribution is -0.135. The smallest absolute Gasteiger partial charge is 0.410 e. The summed E-state index contributed by atoms with van der Waals surface area (Å²) in [7, 11) is 0. The number of amides is 3. The minimum Gasteiger partial charge on any atom is -0.444 e. The van der Waals surface area contributed by atoms with Crippen molar-refractivity contribution in [1.82, 2.24) is 24.9 Å². The molecular formula is C25H34N6O4. The summed E-state index contributed by atoms with van der Waals surface area (Å²) in [4.78, 5) is 42.9. The normalized spacial score (nSPS) is 22.3. The number of aromatic nitrogens is 2. The van der Waals surface area contributed by atoms with Crippen LogP contribution in [0.15, 0.2) is 18.2 Å². The second-order valence-electron chi connectivity index (χ2n) is 10.7. The van der Waals surface area contributed by atoms with E-state index in [1.807, 2.05) is 39.8 Å². The number of nitrogens with zero attached hydrogens (tertiary/aromatic N) is 5. The fraction of sp³-hybridized carbons (Fsp3) is 0.600. The van der Waals surface area contributed by atoms with E-state index in [9.17, 15) is 14.4 Å². The summed E-state index contributed by atoms with van der Waals surface area (Å²) >= 11 is 0. The van der Waals surface area contributed by atoms with Crippen LogP contribution >= 0.6 is 0 Å². The highest BCUT2D eigenvalue weighted by Crippen LogP contribution is 2.33. The average molecular weight is 483 g/mol. The highest BCUT2D eigenvalue weighted by atomic mass is 16.6. The largest absolute Gasteiger partial charge is 0.444 e. The molecule has 3 amide bonds. The van der Waals surface area contributed by atoms with Gasteiger partial charge in [0.25, 0.3) is 5.91 Å². The van der Waals surface area contributed by atoms with Crippen molar-refractivity contribution in [2.75, 3.05) is 44.2 Å². The Morgan fingerprint density at radius 1 is 1.11 bits per heavy atom. The molecule has 0 saturated carbocycles. The van der Waals surface area contributed by atoms with Crippen LogP contribution in [-0.4, -0.2) is 88.4 Å². The Morgan fingerprint density at radius 2 is 1.83 bits per heavy atom. The number of nitrogens with one attached hydrogen (secondary N) is 1. The molecule has 35 heavy (non-hydrogen) atoms. The van der Waals surface area contributed by atoms with E-state index in [-0.39, 0.29) is 17.9 Å². The van der Waals surface area contributed by atoms with Crippen molar-refractivity contribution in [3.63, 3.8) is 0 Å². The zero-order chi connectivity index (χ0) is 24.9. The molecule has 10 heteroatoms. The van der Waals surface area contributed by atoms with Crippen LogP contribution in [0.25, 0.3) is 10.9 Å². The van der Waals surface area contributed by atoms with Crippen molar-refractivity contribution < 1.29 is 19.1 Å². The van der Waals surface area contributed by atoms with E-state index in [2.05, 4.69) is 21.2 Å². The zero-order valence-corrected chi connectivity index (χ0v) is 20.9. The third-order valence-corrected chi connectivity index (χ3v) is 7.08. The molecule has 3 saturated heterocycles. The molecule has 1 aromatic carbocycles. The van der Waals surface area contributed by atoms with E-state index in [1.54, 1.807) is 9.58 Å². The number of hydrogen-bond acceptors (Lipinski definition) is 7. The number of fused-ring (bicyclic) bond motifs is 1. The SMILES string of the molecule is Cc1nn(C2CCC(=O)NC2=O)c2cccc(N3CCN(C4CN(C(=O)OC(C)(C)C)C4)CC3)c12. The third kappa shape index (κ3) is 4.59. The van der Waals surface area contributed by atoms with Gasteiger partial charge in [0, 0.05) is 62.8 Å². The first-order valence-electron chi connectivity index (χ1n) is 12.4. The first kappa shape index (κ1) is 23.6. The Balaban J connectivity index is 1.25. The Kier molecular flexibility index (Phi) is 5.94. The van der Waals surface area contributed by atoms with E-state index >= 15 is 0 Å². The molecule has 1 N–H and O–H groups in total. The van der Waals surface area contributed by atoms with Gasteiger partial charge >= 0.3 is 6.09 Å². The average Bonchev–Trinajstić information content (AvgIpc) is 3.08. The maximum Gasteiger partial charge on any atom is 0.410 e. The lowest BCUT2D eigenvalue weighted by Crippen LogP contribution is -2.64. The number of ether oxygens (including phenoxy) is 1. The van der Waals surface area contributed by atoms with E-state index in [4.69, 9.17) is 9.84 Å². The fourth-order valence-corrected chi connectivity index (χ4v) is 5.26. The molecule has 2 aromatic rings. The molecule has 188 valence electrons. The molecule has 0 bridgehead atoms. The van der Waals surface area contributed by atoms with E-state index in [0.717, 1.165) is 48.5 Å². The monoisotopic (exact) mass is 482 g/mol. The molecule has 0 radical (unpaired) electrons. The zero-order valence-electron chi connectivity index (χ0n) is 20.9. The van der Waals surface area contributed by atoms with Crippen LogP contribution in [0, 0.1) is 6.92 Å². The molecule has 3 aliphatic heterocycles. The number of imide groups is 1. The number of hydrogen-bond donors (Lipinski definition) is 1. The molecule has 1 atom stereocenters. The summed E-state index contributed by atoms with van der Waals surface area (Å²) < 4.78 is 7.26. The number of carbonyl (C=O) groups is 3. The number of aryl methyl sites for hydroxylation is 1. The van der Waals surface area contributed by atoms with Gasteiger partial charge < -0.3 is 14.5 Å². The van der Waals surface area contributed by atoms with Crippen LogP contribution in [0.3, 0.4) is 0 Å². The second-order valence-corrected chi connectivity index (χ2v) is 10.7. The Hall–Kier alpha value is -3.14. The summed E-state index contributed by atoms with van der Waals surface area (Å²) in [6.07, 6.45) is 0.554. The first-order valence-corrected chi connectivity index (χ1v) is 12.4. The predicted octanol–water partition coefficient (Wildman–Crippen LogP) is 2.06. The Bertz CT molecular complexity index is 1150. The van der Waals surface area contributed by atoms with Crippen molar-refractivity contribution in [1.29, 1.82) is 0 Å². The number of piperazine rings is 1. The quantitative estimate of drug-likeness (QED) is 0.669. The van der Waals surface area contributed by atoms with E-state index < -0.39 is 11.6 Å². The lowest BCUT2D eigenvalue weighted by atomic mass is 10.0. The summed E-state index contributed by atoms with van der Waals surface area (Å²) in [5.74, 6) is -0.510. The van der Waals surface area contributed by atoms with Crippen LogP contribution in [-0.2, 0) is 14.3 Å². The van der Waals surface area contributed by atoms with Gasteiger partial charge in [0.2, 0.25) is 5.91 Å². The van der Waals surface area contributed by atoms with Gasteiger partial charge in [-0.2, -0.15) is 5.10 Å². The highest BCUT2D eigenvalue weighted by Gasteiger charge is 2.38. The van der Waals surface area contributed by atoms with E-state index in [1.165, 1.54) is 0 Å². The summed E-state index contributed by atoms with van der Waals surface area (Å²) in [5.41, 5.74) is 2.46. The molecule has 0 aliphatic carbocycles. The summed E-state index contributed by atoms with van der Waals surface area (Å²) in [5, 5.41) is 8.22. The molecule has 1 unspecified atom stereocenters. The molecular weight excluding hydrogens is 448 g/mol. The van der Waals surface area contributed by atoms with Gasteiger partial charge in [-0.15, -0.1) is 0 Å². The molecule has 3 aliphatic rings. The Morgan fingerprint density at radius 3 is 2.49 bits per heavy atom. The summed E-state index contributed by atoms with van der Waals surface area (Å²) in [6.45, 7) is 12.7. The Labute approximate surface area is 205 Å². The maximum absolute atomic E-state index is 12.5. The van der Waals surface area contributed by atoms with E-state index in [0.29, 0.717) is 32.0 Å². The third-order valence-electron chi connectivity index (χ3n) is 7.08. The highest BCUT2D eigenvalue weighted by molar-refractivity contribution is 6.01. The van der Waals surface area contributed by atoms with Crippen LogP contribution < -0.4 is 10.2 Å². The standard InChI is InChI=1S/C25H34N6O4/c1-16-22-18(6-5-7-19(22)31(27-16)20-8-9-21(32)26-23(20)33)29-12-10-28(11-13-29)17-14-30(15-17)24(34)35-25(2,3)4/h5-7,17,20H,8-15H2,1-4H3,(H,26,32,33). The van der Waals surface area contributed by atoms with Crippen molar-refractivity contribution in [2.45, 2.75) is 58.2 Å². The van der Waals surface area contributed by atoms with Gasteiger partial charge in [0.15, 0.2) is 0 Å². The van der Waals surface area contributed by atoms with Crippen molar-refractivity contribution in [3.05, 3.63) is 23.9 Å². The molecule has 0 spiro atoms. The molecule has 4 heterocycles. The van der Waals surface area contributed by atoms with Gasteiger partial charge in [-0.05, 0) is 46.2 Å². The van der Waals surface area contributed by atoms with Crippen molar-refractivity contribution in [2.24, 2.45) is 0 Å². The molecule has 1 aromatic heterocycles. The number of piperidine rings is 1. The number of likely N-dealkylation sites (tertiary alicyclic amines) is 1. The van der Waals surface area contributed by atoms with Crippen molar-refractivity contribution >= 4 is 34.5 Å². The predicted molar refractivity (Wildman–Crippen MR) is 131 cm³/mol. The topological polar surface area (TPSA) is 100 Å². The van der Waals surface area contributed by atoms with Gasteiger partial charge in [0.05, 0.1) is 11.2 Å². The van der Waals surface area contributed by atoms with Crippen LogP contribution in [0.5, 0.6) is 0 Å². The lowest BCUT2D eigenvalue weighted by Gasteiger charge is -2.48.